The lowest BCUT2D eigenvalue weighted by Crippen LogP contribution is -2.32. The highest BCUT2D eigenvalue weighted by molar-refractivity contribution is 9.10. The van der Waals surface area contributed by atoms with E-state index in [1.807, 2.05) is 37.3 Å². The number of nitriles is 1. The SMILES string of the molecule is CCOc1ccc(Br)cc1/C=c1/s/c(=C(/C#N)C(=O)Nc2ccccc2Cl)n(-c2ccccc2)c1=O. The molecule has 1 N–H and O–H groups in total. The van der Waals surface area contributed by atoms with Crippen molar-refractivity contribution >= 4 is 62.1 Å². The highest BCUT2D eigenvalue weighted by Crippen LogP contribution is 2.24. The van der Waals surface area contributed by atoms with Crippen LogP contribution in [0.1, 0.15) is 12.5 Å². The molecule has 180 valence electrons. The quantitative estimate of drug-likeness (QED) is 0.353. The summed E-state index contributed by atoms with van der Waals surface area (Å²) >= 11 is 10.7. The Kier molecular flexibility index (Phi) is 8.06. The van der Waals surface area contributed by atoms with Crippen molar-refractivity contribution in [3.8, 4) is 17.5 Å². The summed E-state index contributed by atoms with van der Waals surface area (Å²) in [4.78, 5) is 26.8. The Hall–Kier alpha value is -3.64. The number of thiazole rings is 1. The molecule has 0 radical (unpaired) electrons. The minimum atomic E-state index is -0.666. The van der Waals surface area contributed by atoms with Gasteiger partial charge in [0.05, 0.1) is 27.5 Å². The van der Waals surface area contributed by atoms with Crippen molar-refractivity contribution in [2.75, 3.05) is 11.9 Å². The molecule has 4 aromatic rings. The van der Waals surface area contributed by atoms with Crippen molar-refractivity contribution in [3.05, 3.63) is 107 Å². The van der Waals surface area contributed by atoms with Gasteiger partial charge in [0.2, 0.25) is 0 Å². The van der Waals surface area contributed by atoms with E-state index in [-0.39, 0.29) is 15.8 Å². The summed E-state index contributed by atoms with van der Waals surface area (Å²) in [6.07, 6.45) is 1.70. The second kappa shape index (κ2) is 11.4. The minimum absolute atomic E-state index is 0.206. The number of nitrogens with zero attached hydrogens (tertiary/aromatic N) is 2. The lowest BCUT2D eigenvalue weighted by Gasteiger charge is -2.07. The molecule has 1 amide bonds. The van der Waals surface area contributed by atoms with E-state index < -0.39 is 5.91 Å². The first-order chi connectivity index (χ1) is 17.4. The molecule has 0 aliphatic rings. The van der Waals surface area contributed by atoms with Crippen LogP contribution in [0.3, 0.4) is 0 Å². The van der Waals surface area contributed by atoms with Gasteiger partial charge in [0, 0.05) is 10.0 Å². The summed E-state index contributed by atoms with van der Waals surface area (Å²) in [6, 6.07) is 23.1. The van der Waals surface area contributed by atoms with Crippen molar-refractivity contribution < 1.29 is 9.53 Å². The van der Waals surface area contributed by atoms with Gasteiger partial charge in [-0.3, -0.25) is 14.2 Å². The summed E-state index contributed by atoms with van der Waals surface area (Å²) in [6.45, 7) is 2.34. The van der Waals surface area contributed by atoms with Gasteiger partial charge in [0.15, 0.2) is 5.57 Å². The summed E-state index contributed by atoms with van der Waals surface area (Å²) < 4.78 is 8.46. The zero-order valence-electron chi connectivity index (χ0n) is 19.0. The number of nitrogens with one attached hydrogen (secondary N) is 1. The third-order valence-corrected chi connectivity index (χ3v) is 6.99. The molecule has 1 heterocycles. The molecule has 0 fully saturated rings. The van der Waals surface area contributed by atoms with Gasteiger partial charge in [-0.25, -0.2) is 0 Å². The fraction of sp³-hybridized carbons (Fsp3) is 0.0741. The zero-order valence-corrected chi connectivity index (χ0v) is 22.2. The molecule has 0 spiro atoms. The largest absolute Gasteiger partial charge is 0.493 e. The van der Waals surface area contributed by atoms with Gasteiger partial charge in [0.1, 0.15) is 16.5 Å². The first-order valence-electron chi connectivity index (χ1n) is 10.8. The Morgan fingerprint density at radius 1 is 1.17 bits per heavy atom. The van der Waals surface area contributed by atoms with Crippen LogP contribution in [0.15, 0.2) is 82.1 Å². The maximum Gasteiger partial charge on any atom is 0.273 e. The van der Waals surface area contributed by atoms with Crippen molar-refractivity contribution in [1.82, 2.24) is 4.57 Å². The molecule has 4 rings (SSSR count). The van der Waals surface area contributed by atoms with Gasteiger partial charge in [-0.15, -0.1) is 11.3 Å². The number of rotatable bonds is 6. The van der Waals surface area contributed by atoms with Crippen molar-refractivity contribution in [1.29, 1.82) is 5.26 Å². The Morgan fingerprint density at radius 3 is 2.58 bits per heavy atom. The van der Waals surface area contributed by atoms with Crippen LogP contribution < -0.4 is 24.8 Å². The fourth-order valence-corrected chi connectivity index (χ4v) is 5.12. The minimum Gasteiger partial charge on any atom is -0.493 e. The van der Waals surface area contributed by atoms with Crippen molar-refractivity contribution in [2.45, 2.75) is 6.92 Å². The first-order valence-corrected chi connectivity index (χ1v) is 12.8. The normalized spacial score (nSPS) is 12.1. The zero-order chi connectivity index (χ0) is 25.7. The number of para-hydroxylation sites is 2. The molecular formula is C27H19BrClN3O3S. The van der Waals surface area contributed by atoms with E-state index in [1.54, 1.807) is 54.6 Å². The van der Waals surface area contributed by atoms with Crippen molar-refractivity contribution in [3.63, 3.8) is 0 Å². The second-order valence-corrected chi connectivity index (χ2v) is 9.78. The van der Waals surface area contributed by atoms with Crippen LogP contribution in [0.25, 0.3) is 17.3 Å². The van der Waals surface area contributed by atoms with Gasteiger partial charge in [0.25, 0.3) is 11.5 Å². The van der Waals surface area contributed by atoms with Crippen LogP contribution in [0.4, 0.5) is 5.69 Å². The standard InChI is InChI=1S/C27H19BrClN3O3S/c1-2-35-23-13-12-18(28)14-17(23)15-24-26(34)32(19-8-4-3-5-9-19)27(36-24)20(16-30)25(33)31-22-11-7-6-10-21(22)29/h3-15H,2H2,1H3,(H,31,33)/b24-15+,27-20-. The highest BCUT2D eigenvalue weighted by atomic mass is 79.9. The lowest BCUT2D eigenvalue weighted by molar-refractivity contribution is -0.111. The van der Waals surface area contributed by atoms with Crippen molar-refractivity contribution in [2.24, 2.45) is 0 Å². The van der Waals surface area contributed by atoms with E-state index in [4.69, 9.17) is 16.3 Å². The van der Waals surface area contributed by atoms with Gasteiger partial charge in [-0.1, -0.05) is 57.9 Å². The van der Waals surface area contributed by atoms with E-state index in [0.29, 0.717) is 38.8 Å². The number of anilines is 1. The van der Waals surface area contributed by atoms with Crippen LogP contribution in [-0.4, -0.2) is 17.1 Å². The molecule has 9 heteroatoms. The monoisotopic (exact) mass is 579 g/mol. The molecule has 0 atom stereocenters. The van der Waals surface area contributed by atoms with Crippen LogP contribution >= 0.6 is 38.9 Å². The second-order valence-electron chi connectivity index (χ2n) is 7.43. The maximum atomic E-state index is 13.6. The third-order valence-electron chi connectivity index (χ3n) is 5.07. The Morgan fingerprint density at radius 2 is 1.89 bits per heavy atom. The average Bonchev–Trinajstić information content (AvgIpc) is 3.18. The molecule has 0 aliphatic carbocycles. The van der Waals surface area contributed by atoms with Gasteiger partial charge in [-0.05, 0) is 55.5 Å². The van der Waals surface area contributed by atoms with Gasteiger partial charge >= 0.3 is 0 Å². The number of amides is 1. The Bertz CT molecular complexity index is 1660. The molecule has 1 aromatic heterocycles. The number of carbonyl (C=O) groups excluding carboxylic acids is 1. The third kappa shape index (κ3) is 5.44. The molecule has 0 aliphatic heterocycles. The highest BCUT2D eigenvalue weighted by Gasteiger charge is 2.18. The predicted molar refractivity (Wildman–Crippen MR) is 147 cm³/mol. The molecular weight excluding hydrogens is 562 g/mol. The van der Waals surface area contributed by atoms with Gasteiger partial charge < -0.3 is 10.1 Å². The molecule has 0 unspecified atom stereocenters. The molecule has 36 heavy (non-hydrogen) atoms. The molecule has 6 nitrogen and oxygen atoms in total. The topological polar surface area (TPSA) is 84.1 Å². The van der Waals surface area contributed by atoms with E-state index in [1.165, 1.54) is 4.57 Å². The summed E-state index contributed by atoms with van der Waals surface area (Å²) in [5, 5.41) is 13.0. The first kappa shape index (κ1) is 25.5. The predicted octanol–water partition coefficient (Wildman–Crippen LogP) is 4.86. The molecule has 0 saturated heterocycles. The maximum absolute atomic E-state index is 13.6. The number of benzene rings is 3. The number of halogens is 2. The number of carbonyl (C=O) groups is 1. The van der Waals surface area contributed by atoms with E-state index >= 15 is 0 Å². The van der Waals surface area contributed by atoms with E-state index in [2.05, 4.69) is 21.2 Å². The summed E-state index contributed by atoms with van der Waals surface area (Å²) in [5.41, 5.74) is 1.02. The summed E-state index contributed by atoms with van der Waals surface area (Å²) in [5.74, 6) is -0.0530. The average molecular weight is 581 g/mol. The van der Waals surface area contributed by atoms with E-state index in [9.17, 15) is 14.9 Å². The summed E-state index contributed by atoms with van der Waals surface area (Å²) in [7, 11) is 0. The fourth-order valence-electron chi connectivity index (χ4n) is 3.46. The lowest BCUT2D eigenvalue weighted by atomic mass is 10.2. The molecule has 0 bridgehead atoms. The van der Waals surface area contributed by atoms with Crippen LogP contribution in [0.2, 0.25) is 5.02 Å². The Labute approximate surface area is 224 Å². The Balaban J connectivity index is 1.98. The number of ether oxygens (including phenoxy) is 1. The van der Waals surface area contributed by atoms with Crippen LogP contribution in [0, 0.1) is 11.3 Å². The molecule has 3 aromatic carbocycles. The van der Waals surface area contributed by atoms with E-state index in [0.717, 1.165) is 15.8 Å². The van der Waals surface area contributed by atoms with Crippen LogP contribution in [-0.2, 0) is 4.79 Å². The number of hydrogen-bond acceptors (Lipinski definition) is 5. The number of aromatic nitrogens is 1. The van der Waals surface area contributed by atoms with Gasteiger partial charge in [-0.2, -0.15) is 5.26 Å². The van der Waals surface area contributed by atoms with Crippen LogP contribution in [0.5, 0.6) is 5.75 Å². The smallest absolute Gasteiger partial charge is 0.273 e. The number of hydrogen-bond donors (Lipinski definition) is 1. The molecule has 0 saturated carbocycles.